The van der Waals surface area contributed by atoms with Crippen LogP contribution in [0, 0.1) is 12.7 Å². The predicted octanol–water partition coefficient (Wildman–Crippen LogP) is 0.766. The van der Waals surface area contributed by atoms with E-state index < -0.39 is 11.4 Å². The molecule has 4 nitrogen and oxygen atoms in total. The van der Waals surface area contributed by atoms with Gasteiger partial charge >= 0.3 is 0 Å². The molecule has 1 N–H and O–H groups in total. The highest BCUT2D eigenvalue weighted by atomic mass is 19.1. The highest BCUT2D eigenvalue weighted by molar-refractivity contribution is 5.76. The standard InChI is InChI=1S/C8H6FN3O/c1-4-5-2-10-3-11-7(5)12-8(13)6(4)9/h2-3H,1H3,(H,10,11,12,13). The zero-order valence-electron chi connectivity index (χ0n) is 6.84. The minimum absolute atomic E-state index is 0.277. The van der Waals surface area contributed by atoms with Crippen molar-refractivity contribution < 1.29 is 4.39 Å². The van der Waals surface area contributed by atoms with E-state index in [1.54, 1.807) is 0 Å². The van der Waals surface area contributed by atoms with E-state index in [0.717, 1.165) is 0 Å². The van der Waals surface area contributed by atoms with Crippen LogP contribution >= 0.6 is 0 Å². The van der Waals surface area contributed by atoms with Gasteiger partial charge in [0, 0.05) is 17.1 Å². The van der Waals surface area contributed by atoms with Gasteiger partial charge < -0.3 is 4.98 Å². The SMILES string of the molecule is Cc1c(F)c(=O)[nH]c2ncncc12. The summed E-state index contributed by atoms with van der Waals surface area (Å²) in [5.74, 6) is -0.776. The van der Waals surface area contributed by atoms with Crippen LogP contribution < -0.4 is 5.56 Å². The molecule has 0 saturated carbocycles. The van der Waals surface area contributed by atoms with Crippen LogP contribution in [0.5, 0.6) is 0 Å². The summed E-state index contributed by atoms with van der Waals surface area (Å²) in [6, 6.07) is 0. The summed E-state index contributed by atoms with van der Waals surface area (Å²) in [5.41, 5.74) is -0.109. The highest BCUT2D eigenvalue weighted by Crippen LogP contribution is 2.11. The minimum Gasteiger partial charge on any atom is -0.304 e. The Morgan fingerprint density at radius 1 is 1.54 bits per heavy atom. The van der Waals surface area contributed by atoms with Crippen molar-refractivity contribution in [2.45, 2.75) is 6.92 Å². The van der Waals surface area contributed by atoms with Gasteiger partial charge in [0.2, 0.25) is 0 Å². The number of H-pyrrole nitrogens is 1. The van der Waals surface area contributed by atoms with Crippen LogP contribution in [0.25, 0.3) is 11.0 Å². The van der Waals surface area contributed by atoms with Crippen molar-refractivity contribution in [2.24, 2.45) is 0 Å². The Morgan fingerprint density at radius 2 is 2.31 bits per heavy atom. The maximum Gasteiger partial charge on any atom is 0.285 e. The number of hydrogen-bond acceptors (Lipinski definition) is 3. The van der Waals surface area contributed by atoms with E-state index in [-0.39, 0.29) is 5.56 Å². The minimum atomic E-state index is -0.776. The molecule has 2 heterocycles. The number of aromatic amines is 1. The molecule has 0 radical (unpaired) electrons. The third-order valence-electron chi connectivity index (χ3n) is 1.88. The van der Waals surface area contributed by atoms with Crippen LogP contribution in [0.15, 0.2) is 17.3 Å². The Bertz CT molecular complexity index is 520. The summed E-state index contributed by atoms with van der Waals surface area (Å²) >= 11 is 0. The molecule has 0 atom stereocenters. The van der Waals surface area contributed by atoms with Gasteiger partial charge in [0.1, 0.15) is 12.0 Å². The molecule has 0 saturated heterocycles. The van der Waals surface area contributed by atoms with Crippen molar-refractivity contribution >= 4 is 11.0 Å². The Labute approximate surface area is 72.5 Å². The first kappa shape index (κ1) is 7.85. The molecule has 5 heteroatoms. The van der Waals surface area contributed by atoms with Crippen molar-refractivity contribution in [3.05, 3.63) is 34.3 Å². The van der Waals surface area contributed by atoms with Gasteiger partial charge in [0.25, 0.3) is 5.56 Å². The first-order valence-electron chi connectivity index (χ1n) is 3.68. The number of hydrogen-bond donors (Lipinski definition) is 1. The van der Waals surface area contributed by atoms with Crippen molar-refractivity contribution in [1.82, 2.24) is 15.0 Å². The summed E-state index contributed by atoms with van der Waals surface area (Å²) in [6.45, 7) is 1.52. The average molecular weight is 179 g/mol. The Balaban J connectivity index is 3.02. The lowest BCUT2D eigenvalue weighted by Gasteiger charge is -1.99. The highest BCUT2D eigenvalue weighted by Gasteiger charge is 2.07. The molecule has 66 valence electrons. The Kier molecular flexibility index (Phi) is 1.58. The zero-order valence-corrected chi connectivity index (χ0v) is 6.84. The van der Waals surface area contributed by atoms with Crippen LogP contribution in [0.2, 0.25) is 0 Å². The number of aromatic nitrogens is 3. The molecule has 2 rings (SSSR count). The molecule has 0 bridgehead atoms. The first-order valence-corrected chi connectivity index (χ1v) is 3.68. The second-order valence-electron chi connectivity index (χ2n) is 2.68. The van der Waals surface area contributed by atoms with E-state index in [4.69, 9.17) is 0 Å². The van der Waals surface area contributed by atoms with Crippen LogP contribution in [0.4, 0.5) is 4.39 Å². The number of nitrogens with zero attached hydrogens (tertiary/aromatic N) is 2. The molecule has 0 aliphatic carbocycles. The van der Waals surface area contributed by atoms with E-state index in [1.165, 1.54) is 19.4 Å². The summed E-state index contributed by atoms with van der Waals surface area (Å²) in [5, 5.41) is 0.527. The van der Waals surface area contributed by atoms with Crippen LogP contribution in [0.3, 0.4) is 0 Å². The van der Waals surface area contributed by atoms with E-state index in [2.05, 4.69) is 15.0 Å². The van der Waals surface area contributed by atoms with Gasteiger partial charge in [-0.2, -0.15) is 0 Å². The molecule has 2 aromatic heterocycles. The van der Waals surface area contributed by atoms with Crippen LogP contribution in [0.1, 0.15) is 5.56 Å². The third-order valence-corrected chi connectivity index (χ3v) is 1.88. The lowest BCUT2D eigenvalue weighted by atomic mass is 10.2. The topological polar surface area (TPSA) is 58.6 Å². The maximum absolute atomic E-state index is 13.1. The van der Waals surface area contributed by atoms with Crippen molar-refractivity contribution in [1.29, 1.82) is 0 Å². The second-order valence-corrected chi connectivity index (χ2v) is 2.68. The van der Waals surface area contributed by atoms with Crippen molar-refractivity contribution in [2.75, 3.05) is 0 Å². The summed E-state index contributed by atoms with van der Waals surface area (Å²) in [7, 11) is 0. The van der Waals surface area contributed by atoms with Gasteiger partial charge in [-0.25, -0.2) is 14.4 Å². The molecular weight excluding hydrogens is 173 g/mol. The van der Waals surface area contributed by atoms with E-state index in [9.17, 15) is 9.18 Å². The fourth-order valence-electron chi connectivity index (χ4n) is 1.15. The molecule has 0 unspecified atom stereocenters. The molecule has 0 spiro atoms. The molecule has 0 aromatic carbocycles. The van der Waals surface area contributed by atoms with Crippen molar-refractivity contribution in [3.8, 4) is 0 Å². The van der Waals surface area contributed by atoms with Crippen LogP contribution in [-0.2, 0) is 0 Å². The van der Waals surface area contributed by atoms with E-state index in [0.29, 0.717) is 11.0 Å². The number of aryl methyl sites for hydroxylation is 1. The quantitative estimate of drug-likeness (QED) is 0.649. The van der Waals surface area contributed by atoms with Crippen LogP contribution in [-0.4, -0.2) is 15.0 Å². The number of pyridine rings is 1. The average Bonchev–Trinajstić information content (AvgIpc) is 2.15. The number of halogens is 1. The second kappa shape index (κ2) is 2.62. The molecular formula is C8H6FN3O. The fourth-order valence-corrected chi connectivity index (χ4v) is 1.15. The third kappa shape index (κ3) is 1.09. The molecule has 13 heavy (non-hydrogen) atoms. The smallest absolute Gasteiger partial charge is 0.285 e. The lowest BCUT2D eigenvalue weighted by Crippen LogP contribution is -2.13. The van der Waals surface area contributed by atoms with Gasteiger partial charge in [-0.3, -0.25) is 4.79 Å². The van der Waals surface area contributed by atoms with Gasteiger partial charge in [-0.1, -0.05) is 0 Å². The molecule has 0 aliphatic heterocycles. The van der Waals surface area contributed by atoms with E-state index >= 15 is 0 Å². The fraction of sp³-hybridized carbons (Fsp3) is 0.125. The van der Waals surface area contributed by atoms with Gasteiger partial charge in [0.05, 0.1) is 0 Å². The van der Waals surface area contributed by atoms with E-state index in [1.807, 2.05) is 0 Å². The van der Waals surface area contributed by atoms with Gasteiger partial charge in [-0.05, 0) is 6.92 Å². The molecule has 2 aromatic rings. The molecule has 0 fully saturated rings. The number of rotatable bonds is 0. The summed E-state index contributed by atoms with van der Waals surface area (Å²) in [4.78, 5) is 20.8. The van der Waals surface area contributed by atoms with Gasteiger partial charge in [0.15, 0.2) is 5.82 Å². The van der Waals surface area contributed by atoms with Gasteiger partial charge in [-0.15, -0.1) is 0 Å². The summed E-state index contributed by atoms with van der Waals surface area (Å²) < 4.78 is 13.1. The first-order chi connectivity index (χ1) is 6.20. The largest absolute Gasteiger partial charge is 0.304 e. The Morgan fingerprint density at radius 3 is 3.08 bits per heavy atom. The monoisotopic (exact) mass is 179 g/mol. The number of fused-ring (bicyclic) bond motifs is 1. The maximum atomic E-state index is 13.1. The molecule has 0 amide bonds. The molecule has 0 aliphatic rings. The predicted molar refractivity (Wildman–Crippen MR) is 44.9 cm³/mol. The summed E-state index contributed by atoms with van der Waals surface area (Å²) in [6.07, 6.45) is 2.77. The number of nitrogens with one attached hydrogen (secondary N) is 1. The zero-order chi connectivity index (χ0) is 9.42. The van der Waals surface area contributed by atoms with Crippen molar-refractivity contribution in [3.63, 3.8) is 0 Å². The Hall–Kier alpha value is -1.78. The normalized spacial score (nSPS) is 10.6. The lowest BCUT2D eigenvalue weighted by molar-refractivity contribution is 0.602.